The van der Waals surface area contributed by atoms with Crippen LogP contribution in [0.4, 0.5) is 0 Å². The molecule has 7 nitrogen and oxygen atoms in total. The number of hydrogen-bond donors (Lipinski definition) is 2. The number of amides is 1. The minimum absolute atomic E-state index is 0.262. The van der Waals surface area contributed by atoms with Gasteiger partial charge in [0.15, 0.2) is 0 Å². The third-order valence-corrected chi connectivity index (χ3v) is 4.11. The zero-order valence-corrected chi connectivity index (χ0v) is 15.4. The number of rotatable bonds is 7. The second-order valence-electron chi connectivity index (χ2n) is 5.76. The number of carbonyl (C=O) groups excluding carboxylic acids is 1. The molecule has 0 aliphatic carbocycles. The number of methoxy groups -OCH3 is 3. The van der Waals surface area contributed by atoms with Crippen LogP contribution in [-0.4, -0.2) is 37.4 Å². The zero-order valence-electron chi connectivity index (χ0n) is 15.4. The van der Waals surface area contributed by atoms with Gasteiger partial charge in [-0.05, 0) is 36.4 Å². The fourth-order valence-corrected chi connectivity index (χ4v) is 2.66. The topological polar surface area (TPSA) is 85.5 Å². The number of ether oxygens (including phenoxy) is 3. The third-order valence-electron chi connectivity index (χ3n) is 4.11. The van der Waals surface area contributed by atoms with Crippen molar-refractivity contribution in [3.8, 4) is 28.5 Å². The van der Waals surface area contributed by atoms with Crippen LogP contribution in [0.15, 0.2) is 48.5 Å². The van der Waals surface area contributed by atoms with Crippen molar-refractivity contribution in [3.63, 3.8) is 0 Å². The molecule has 0 spiro atoms. The van der Waals surface area contributed by atoms with Crippen molar-refractivity contribution in [2.24, 2.45) is 0 Å². The lowest BCUT2D eigenvalue weighted by molar-refractivity contribution is 0.0945. The maximum Gasteiger partial charge on any atom is 0.269 e. The third kappa shape index (κ3) is 4.20. The van der Waals surface area contributed by atoms with E-state index in [9.17, 15) is 4.79 Å². The molecule has 0 radical (unpaired) electrons. The van der Waals surface area contributed by atoms with Gasteiger partial charge in [-0.15, -0.1) is 0 Å². The van der Waals surface area contributed by atoms with Crippen molar-refractivity contribution < 1.29 is 19.0 Å². The summed E-state index contributed by atoms with van der Waals surface area (Å²) in [4.78, 5) is 12.5. The minimum Gasteiger partial charge on any atom is -0.497 e. The van der Waals surface area contributed by atoms with Gasteiger partial charge >= 0.3 is 0 Å². The van der Waals surface area contributed by atoms with E-state index in [1.807, 2.05) is 30.3 Å². The van der Waals surface area contributed by atoms with Crippen LogP contribution in [0.5, 0.6) is 17.2 Å². The van der Waals surface area contributed by atoms with E-state index < -0.39 is 0 Å². The number of benzene rings is 2. The van der Waals surface area contributed by atoms with E-state index in [0.29, 0.717) is 29.4 Å². The largest absolute Gasteiger partial charge is 0.497 e. The van der Waals surface area contributed by atoms with E-state index in [-0.39, 0.29) is 5.91 Å². The maximum atomic E-state index is 12.5. The van der Waals surface area contributed by atoms with Crippen molar-refractivity contribution in [1.82, 2.24) is 15.5 Å². The van der Waals surface area contributed by atoms with Crippen molar-refractivity contribution in [1.29, 1.82) is 0 Å². The van der Waals surface area contributed by atoms with Gasteiger partial charge in [0, 0.05) is 17.7 Å². The Morgan fingerprint density at radius 3 is 2.52 bits per heavy atom. The van der Waals surface area contributed by atoms with Gasteiger partial charge in [0.25, 0.3) is 5.91 Å². The van der Waals surface area contributed by atoms with Gasteiger partial charge in [-0.2, -0.15) is 5.10 Å². The number of H-pyrrole nitrogens is 1. The zero-order chi connectivity index (χ0) is 19.2. The Kier molecular flexibility index (Phi) is 5.61. The van der Waals surface area contributed by atoms with Crippen molar-refractivity contribution in [3.05, 3.63) is 59.8 Å². The van der Waals surface area contributed by atoms with Gasteiger partial charge in [0.2, 0.25) is 0 Å². The van der Waals surface area contributed by atoms with Gasteiger partial charge in [-0.3, -0.25) is 9.89 Å². The lowest BCUT2D eigenvalue weighted by Gasteiger charge is -2.11. The normalized spacial score (nSPS) is 10.3. The second kappa shape index (κ2) is 8.27. The van der Waals surface area contributed by atoms with E-state index in [0.717, 1.165) is 16.9 Å². The Morgan fingerprint density at radius 2 is 1.78 bits per heavy atom. The highest BCUT2D eigenvalue weighted by Crippen LogP contribution is 2.24. The maximum absolute atomic E-state index is 12.5. The van der Waals surface area contributed by atoms with Crippen LogP contribution in [0.25, 0.3) is 11.3 Å². The molecule has 0 saturated carbocycles. The standard InChI is InChI=1S/C20H21N3O4/c1-25-15-6-4-5-13(9-15)17-11-18(23-22-17)20(24)21-12-14-10-16(26-2)7-8-19(14)27-3/h4-11H,12H2,1-3H3,(H,21,24)(H,22,23). The molecule has 0 aliphatic rings. The van der Waals surface area contributed by atoms with Crippen LogP contribution in [0.3, 0.4) is 0 Å². The Hall–Kier alpha value is -3.48. The SMILES string of the molecule is COc1cccc(-c2cc(C(=O)NCc3cc(OC)ccc3OC)[nH]n2)c1. The lowest BCUT2D eigenvalue weighted by atomic mass is 10.1. The highest BCUT2D eigenvalue weighted by molar-refractivity contribution is 5.93. The fourth-order valence-electron chi connectivity index (χ4n) is 2.66. The molecular formula is C20H21N3O4. The molecule has 0 saturated heterocycles. The van der Waals surface area contributed by atoms with Gasteiger partial charge < -0.3 is 19.5 Å². The summed E-state index contributed by atoms with van der Waals surface area (Å²) in [7, 11) is 4.78. The van der Waals surface area contributed by atoms with Gasteiger partial charge in [0.05, 0.1) is 27.0 Å². The van der Waals surface area contributed by atoms with E-state index in [1.54, 1.807) is 39.5 Å². The van der Waals surface area contributed by atoms with Gasteiger partial charge in [-0.1, -0.05) is 12.1 Å². The lowest BCUT2D eigenvalue weighted by Crippen LogP contribution is -2.23. The predicted octanol–water partition coefficient (Wildman–Crippen LogP) is 3.03. The highest BCUT2D eigenvalue weighted by Gasteiger charge is 2.13. The molecule has 2 aromatic carbocycles. The Balaban J connectivity index is 1.71. The van der Waals surface area contributed by atoms with Gasteiger partial charge in [0.1, 0.15) is 22.9 Å². The molecule has 1 heterocycles. The molecule has 2 N–H and O–H groups in total. The van der Waals surface area contributed by atoms with Crippen LogP contribution < -0.4 is 19.5 Å². The van der Waals surface area contributed by atoms with E-state index in [1.165, 1.54) is 0 Å². The van der Waals surface area contributed by atoms with E-state index in [2.05, 4.69) is 15.5 Å². The van der Waals surface area contributed by atoms with Crippen LogP contribution in [0.2, 0.25) is 0 Å². The van der Waals surface area contributed by atoms with Crippen LogP contribution in [0.1, 0.15) is 16.1 Å². The van der Waals surface area contributed by atoms with Crippen molar-refractivity contribution >= 4 is 5.91 Å². The summed E-state index contributed by atoms with van der Waals surface area (Å²) in [5.41, 5.74) is 2.71. The molecule has 27 heavy (non-hydrogen) atoms. The number of nitrogens with one attached hydrogen (secondary N) is 2. The molecule has 1 aromatic heterocycles. The summed E-state index contributed by atoms with van der Waals surface area (Å²) in [5.74, 6) is 1.84. The first-order valence-electron chi connectivity index (χ1n) is 8.33. The van der Waals surface area contributed by atoms with Crippen LogP contribution in [0, 0.1) is 0 Å². The number of carbonyl (C=O) groups is 1. The van der Waals surface area contributed by atoms with Crippen molar-refractivity contribution in [2.75, 3.05) is 21.3 Å². The number of aromatic nitrogens is 2. The smallest absolute Gasteiger partial charge is 0.269 e. The first kappa shape index (κ1) is 18.3. The molecule has 0 unspecified atom stereocenters. The monoisotopic (exact) mass is 367 g/mol. The first-order chi connectivity index (χ1) is 13.1. The van der Waals surface area contributed by atoms with Crippen LogP contribution in [-0.2, 0) is 6.54 Å². The molecule has 0 bridgehead atoms. The average molecular weight is 367 g/mol. The summed E-state index contributed by atoms with van der Waals surface area (Å²) in [6, 6.07) is 14.6. The average Bonchev–Trinajstić information content (AvgIpc) is 3.22. The molecule has 0 aliphatic heterocycles. The molecule has 0 fully saturated rings. The summed E-state index contributed by atoms with van der Waals surface area (Å²) in [6.07, 6.45) is 0. The number of nitrogens with zero attached hydrogens (tertiary/aromatic N) is 1. The fraction of sp³-hybridized carbons (Fsp3) is 0.200. The predicted molar refractivity (Wildman–Crippen MR) is 101 cm³/mol. The molecule has 0 atom stereocenters. The Labute approximate surface area is 157 Å². The molecule has 7 heteroatoms. The molecular weight excluding hydrogens is 346 g/mol. The highest BCUT2D eigenvalue weighted by atomic mass is 16.5. The van der Waals surface area contributed by atoms with Gasteiger partial charge in [-0.25, -0.2) is 0 Å². The summed E-state index contributed by atoms with van der Waals surface area (Å²) in [5, 5.41) is 9.84. The molecule has 140 valence electrons. The quantitative estimate of drug-likeness (QED) is 0.670. The van der Waals surface area contributed by atoms with Crippen LogP contribution >= 0.6 is 0 Å². The molecule has 3 aromatic rings. The van der Waals surface area contributed by atoms with E-state index in [4.69, 9.17) is 14.2 Å². The Morgan fingerprint density at radius 1 is 1.00 bits per heavy atom. The Bertz CT molecular complexity index is 936. The van der Waals surface area contributed by atoms with Crippen molar-refractivity contribution in [2.45, 2.75) is 6.54 Å². The second-order valence-corrected chi connectivity index (χ2v) is 5.76. The number of aromatic amines is 1. The molecule has 1 amide bonds. The summed E-state index contributed by atoms with van der Waals surface area (Å²) in [6.45, 7) is 0.298. The molecule has 3 rings (SSSR count). The first-order valence-corrected chi connectivity index (χ1v) is 8.33. The minimum atomic E-state index is -0.262. The number of hydrogen-bond acceptors (Lipinski definition) is 5. The summed E-state index contributed by atoms with van der Waals surface area (Å²) < 4.78 is 15.8. The van der Waals surface area contributed by atoms with E-state index >= 15 is 0 Å². The summed E-state index contributed by atoms with van der Waals surface area (Å²) >= 11 is 0.